The molecule has 1 unspecified atom stereocenters. The summed E-state index contributed by atoms with van der Waals surface area (Å²) >= 11 is 0. The summed E-state index contributed by atoms with van der Waals surface area (Å²) in [6, 6.07) is 0. The van der Waals surface area contributed by atoms with Crippen LogP contribution in [0.1, 0.15) is 26.2 Å². The van der Waals surface area contributed by atoms with Gasteiger partial charge < -0.3 is 14.4 Å². The summed E-state index contributed by atoms with van der Waals surface area (Å²) in [7, 11) is 1.77. The predicted octanol–water partition coefficient (Wildman–Crippen LogP) is 1.52. The fourth-order valence-electron chi connectivity index (χ4n) is 2.82. The van der Waals surface area contributed by atoms with Crippen LogP contribution in [0.15, 0.2) is 0 Å². The third-order valence-corrected chi connectivity index (χ3v) is 3.77. The normalized spacial score (nSPS) is 31.2. The molecule has 2 rings (SSSR count). The lowest BCUT2D eigenvalue weighted by molar-refractivity contribution is -0.0461. The Bertz CT molecular complexity index is 200. The maximum Gasteiger partial charge on any atom is 0.0710 e. The predicted molar refractivity (Wildman–Crippen MR) is 60.0 cm³/mol. The van der Waals surface area contributed by atoms with Crippen molar-refractivity contribution < 1.29 is 9.47 Å². The van der Waals surface area contributed by atoms with E-state index in [0.29, 0.717) is 0 Å². The number of hydrogen-bond donors (Lipinski definition) is 0. The second-order valence-electron chi connectivity index (χ2n) is 5.14. The van der Waals surface area contributed by atoms with Gasteiger partial charge in [-0.3, -0.25) is 0 Å². The highest BCUT2D eigenvalue weighted by Crippen LogP contribution is 2.38. The topological polar surface area (TPSA) is 21.7 Å². The summed E-state index contributed by atoms with van der Waals surface area (Å²) in [5.74, 6) is 0.760. The maximum atomic E-state index is 5.99. The van der Waals surface area contributed by atoms with Gasteiger partial charge in [0.05, 0.1) is 12.2 Å². The van der Waals surface area contributed by atoms with E-state index >= 15 is 0 Å². The van der Waals surface area contributed by atoms with Crippen LogP contribution in [0, 0.1) is 5.92 Å². The summed E-state index contributed by atoms with van der Waals surface area (Å²) in [6.45, 7) is 7.54. The Morgan fingerprint density at radius 1 is 1.40 bits per heavy atom. The Labute approximate surface area is 92.7 Å². The molecular weight excluding hydrogens is 190 g/mol. The largest absolute Gasteiger partial charge is 0.383 e. The van der Waals surface area contributed by atoms with E-state index in [4.69, 9.17) is 9.47 Å². The highest BCUT2D eigenvalue weighted by atomic mass is 16.5. The number of hydrogen-bond acceptors (Lipinski definition) is 3. The molecule has 2 aliphatic heterocycles. The van der Waals surface area contributed by atoms with Crippen LogP contribution in [0.5, 0.6) is 0 Å². The molecule has 15 heavy (non-hydrogen) atoms. The molecule has 2 saturated heterocycles. The van der Waals surface area contributed by atoms with Crippen LogP contribution < -0.4 is 0 Å². The monoisotopic (exact) mass is 213 g/mol. The molecule has 0 aliphatic carbocycles. The molecule has 3 nitrogen and oxygen atoms in total. The number of likely N-dealkylation sites (tertiary alicyclic amines) is 1. The summed E-state index contributed by atoms with van der Waals surface area (Å²) in [5, 5.41) is 0. The standard InChI is InChI=1S/C12H23NO2/c1-11-9-12(15-10-11)3-5-13(6-4-12)7-8-14-2/h11H,3-10H2,1-2H3. The van der Waals surface area contributed by atoms with E-state index in [9.17, 15) is 0 Å². The molecule has 0 aromatic rings. The van der Waals surface area contributed by atoms with Gasteiger partial charge in [0, 0.05) is 33.4 Å². The molecular formula is C12H23NO2. The minimum atomic E-state index is 0.239. The van der Waals surface area contributed by atoms with Gasteiger partial charge in [-0.1, -0.05) is 6.92 Å². The average molecular weight is 213 g/mol. The number of methoxy groups -OCH3 is 1. The van der Waals surface area contributed by atoms with Crippen LogP contribution >= 0.6 is 0 Å². The molecule has 2 fully saturated rings. The number of rotatable bonds is 3. The number of ether oxygens (including phenoxy) is 2. The summed E-state index contributed by atoms with van der Waals surface area (Å²) in [5.41, 5.74) is 0.239. The zero-order valence-electron chi connectivity index (χ0n) is 10.00. The fraction of sp³-hybridized carbons (Fsp3) is 1.00. The second-order valence-corrected chi connectivity index (χ2v) is 5.14. The minimum absolute atomic E-state index is 0.239. The van der Waals surface area contributed by atoms with Crippen molar-refractivity contribution in [2.75, 3.05) is 40.0 Å². The van der Waals surface area contributed by atoms with Gasteiger partial charge in [0.25, 0.3) is 0 Å². The first-order valence-electron chi connectivity index (χ1n) is 6.09. The van der Waals surface area contributed by atoms with E-state index in [1.165, 1.54) is 32.4 Å². The van der Waals surface area contributed by atoms with Gasteiger partial charge in [0.15, 0.2) is 0 Å². The zero-order valence-corrected chi connectivity index (χ0v) is 10.00. The molecule has 0 aromatic heterocycles. The summed E-state index contributed by atoms with van der Waals surface area (Å²) < 4.78 is 11.1. The summed E-state index contributed by atoms with van der Waals surface area (Å²) in [6.07, 6.45) is 3.69. The average Bonchev–Trinajstić information content (AvgIpc) is 2.60. The van der Waals surface area contributed by atoms with Crippen molar-refractivity contribution in [2.24, 2.45) is 5.92 Å². The minimum Gasteiger partial charge on any atom is -0.383 e. The molecule has 0 amide bonds. The van der Waals surface area contributed by atoms with Gasteiger partial charge in [0.1, 0.15) is 0 Å². The van der Waals surface area contributed by atoms with E-state index in [-0.39, 0.29) is 5.60 Å². The van der Waals surface area contributed by atoms with Crippen LogP contribution in [-0.4, -0.2) is 50.5 Å². The molecule has 0 N–H and O–H groups in total. The fourth-order valence-corrected chi connectivity index (χ4v) is 2.82. The van der Waals surface area contributed by atoms with E-state index in [2.05, 4.69) is 11.8 Å². The smallest absolute Gasteiger partial charge is 0.0710 e. The quantitative estimate of drug-likeness (QED) is 0.709. The first-order valence-corrected chi connectivity index (χ1v) is 6.09. The van der Waals surface area contributed by atoms with Gasteiger partial charge in [-0.2, -0.15) is 0 Å². The van der Waals surface area contributed by atoms with E-state index in [1.807, 2.05) is 0 Å². The first kappa shape index (κ1) is 11.4. The Balaban J connectivity index is 1.76. The van der Waals surface area contributed by atoms with Crippen LogP contribution in [0.3, 0.4) is 0 Å². The molecule has 2 aliphatic rings. The van der Waals surface area contributed by atoms with Gasteiger partial charge in [-0.15, -0.1) is 0 Å². The van der Waals surface area contributed by atoms with Crippen LogP contribution in [0.2, 0.25) is 0 Å². The van der Waals surface area contributed by atoms with Crippen molar-refractivity contribution in [1.82, 2.24) is 4.90 Å². The molecule has 0 radical (unpaired) electrons. The van der Waals surface area contributed by atoms with Crippen molar-refractivity contribution in [3.05, 3.63) is 0 Å². The van der Waals surface area contributed by atoms with Gasteiger partial charge >= 0.3 is 0 Å². The Kier molecular flexibility index (Phi) is 3.65. The third-order valence-electron chi connectivity index (χ3n) is 3.77. The lowest BCUT2D eigenvalue weighted by atomic mass is 9.86. The lowest BCUT2D eigenvalue weighted by Crippen LogP contribution is -2.45. The highest BCUT2D eigenvalue weighted by Gasteiger charge is 2.40. The second kappa shape index (κ2) is 4.81. The third kappa shape index (κ3) is 2.71. The first-order chi connectivity index (χ1) is 7.24. The van der Waals surface area contributed by atoms with Crippen molar-refractivity contribution in [3.8, 4) is 0 Å². The van der Waals surface area contributed by atoms with Crippen LogP contribution in [-0.2, 0) is 9.47 Å². The molecule has 2 heterocycles. The Hall–Kier alpha value is -0.120. The maximum absolute atomic E-state index is 5.99. The lowest BCUT2D eigenvalue weighted by Gasteiger charge is -2.38. The van der Waals surface area contributed by atoms with Crippen molar-refractivity contribution in [3.63, 3.8) is 0 Å². The molecule has 0 aromatic carbocycles. The number of nitrogens with zero attached hydrogens (tertiary/aromatic N) is 1. The van der Waals surface area contributed by atoms with E-state index in [1.54, 1.807) is 7.11 Å². The Morgan fingerprint density at radius 2 is 2.13 bits per heavy atom. The van der Waals surface area contributed by atoms with Crippen molar-refractivity contribution >= 4 is 0 Å². The van der Waals surface area contributed by atoms with Gasteiger partial charge in [-0.05, 0) is 25.2 Å². The zero-order chi connectivity index (χ0) is 10.7. The van der Waals surface area contributed by atoms with Gasteiger partial charge in [0.2, 0.25) is 0 Å². The molecule has 3 heteroatoms. The van der Waals surface area contributed by atoms with Crippen LogP contribution in [0.25, 0.3) is 0 Å². The molecule has 0 saturated carbocycles. The van der Waals surface area contributed by atoms with Crippen molar-refractivity contribution in [2.45, 2.75) is 31.8 Å². The number of piperidine rings is 1. The van der Waals surface area contributed by atoms with E-state index < -0.39 is 0 Å². The van der Waals surface area contributed by atoms with Gasteiger partial charge in [-0.25, -0.2) is 0 Å². The highest BCUT2D eigenvalue weighted by molar-refractivity contribution is 4.92. The van der Waals surface area contributed by atoms with E-state index in [0.717, 1.165) is 25.7 Å². The summed E-state index contributed by atoms with van der Waals surface area (Å²) in [4.78, 5) is 2.49. The molecule has 1 atom stereocenters. The molecule has 0 bridgehead atoms. The van der Waals surface area contributed by atoms with Crippen LogP contribution in [0.4, 0.5) is 0 Å². The van der Waals surface area contributed by atoms with Crippen molar-refractivity contribution in [1.29, 1.82) is 0 Å². The Morgan fingerprint density at radius 3 is 2.67 bits per heavy atom. The SMILES string of the molecule is COCCN1CCC2(CC1)CC(C)CO2. The molecule has 88 valence electrons. The molecule has 1 spiro atoms.